The summed E-state index contributed by atoms with van der Waals surface area (Å²) in [6, 6.07) is 7.75. The second kappa shape index (κ2) is 5.28. The van der Waals surface area contributed by atoms with Crippen molar-refractivity contribution in [2.45, 2.75) is 5.09 Å². The molecule has 0 unspecified atom stereocenters. The van der Waals surface area contributed by atoms with Gasteiger partial charge in [0.05, 0.1) is 11.7 Å². The maximum atomic E-state index is 12.1. The minimum Gasteiger partial charge on any atom is -0.438 e. The zero-order chi connectivity index (χ0) is 15.7. The molecule has 0 atom stereocenters. The molecule has 0 bridgehead atoms. The van der Waals surface area contributed by atoms with Crippen molar-refractivity contribution in [1.82, 2.24) is 14.9 Å². The first-order valence-electron chi connectivity index (χ1n) is 6.27. The van der Waals surface area contributed by atoms with Crippen LogP contribution in [0.1, 0.15) is 10.6 Å². The summed E-state index contributed by atoms with van der Waals surface area (Å²) in [5.74, 6) is -0.644. The molecule has 0 aliphatic rings. The molecule has 0 aliphatic heterocycles. The minimum atomic E-state index is -3.71. The maximum Gasteiger partial charge on any atom is 0.291 e. The summed E-state index contributed by atoms with van der Waals surface area (Å²) < 4.78 is 30.3. The molecule has 0 radical (unpaired) electrons. The molecule has 0 fully saturated rings. The second-order valence-corrected chi connectivity index (χ2v) is 6.27. The SMILES string of the molecule is CNS(=O)(=O)c1ccc(C(=O)Nc2ccc3cn[nH]c3c2)o1. The van der Waals surface area contributed by atoms with E-state index in [1.165, 1.54) is 19.2 Å². The Morgan fingerprint density at radius 2 is 2.09 bits per heavy atom. The number of nitrogens with zero attached hydrogens (tertiary/aromatic N) is 1. The van der Waals surface area contributed by atoms with E-state index in [0.29, 0.717) is 5.69 Å². The minimum absolute atomic E-state index is 0.0986. The van der Waals surface area contributed by atoms with E-state index >= 15 is 0 Å². The second-order valence-electron chi connectivity index (χ2n) is 4.45. The van der Waals surface area contributed by atoms with Crippen molar-refractivity contribution < 1.29 is 17.6 Å². The number of nitrogens with one attached hydrogen (secondary N) is 3. The van der Waals surface area contributed by atoms with E-state index in [1.807, 2.05) is 0 Å². The average Bonchev–Trinajstić information content (AvgIpc) is 3.16. The molecule has 9 heteroatoms. The lowest BCUT2D eigenvalue weighted by atomic mass is 10.2. The summed E-state index contributed by atoms with van der Waals surface area (Å²) in [5, 5.41) is 9.91. The highest BCUT2D eigenvalue weighted by Gasteiger charge is 2.19. The van der Waals surface area contributed by atoms with E-state index in [4.69, 9.17) is 4.42 Å². The molecule has 0 saturated carbocycles. The molecule has 0 aliphatic carbocycles. The lowest BCUT2D eigenvalue weighted by molar-refractivity contribution is 0.0991. The molecule has 0 saturated heterocycles. The number of fused-ring (bicyclic) bond motifs is 1. The van der Waals surface area contributed by atoms with Crippen LogP contribution in [-0.2, 0) is 10.0 Å². The fourth-order valence-corrected chi connectivity index (χ4v) is 2.54. The number of hydrogen-bond acceptors (Lipinski definition) is 5. The molecule has 2 heterocycles. The van der Waals surface area contributed by atoms with E-state index in [1.54, 1.807) is 24.4 Å². The van der Waals surface area contributed by atoms with Crippen LogP contribution in [-0.4, -0.2) is 31.6 Å². The van der Waals surface area contributed by atoms with Crippen molar-refractivity contribution in [2.24, 2.45) is 0 Å². The Morgan fingerprint density at radius 3 is 2.86 bits per heavy atom. The summed E-state index contributed by atoms with van der Waals surface area (Å²) in [7, 11) is -2.45. The summed E-state index contributed by atoms with van der Waals surface area (Å²) in [5.41, 5.74) is 1.31. The molecule has 3 N–H and O–H groups in total. The number of aromatic nitrogens is 2. The Morgan fingerprint density at radius 1 is 1.27 bits per heavy atom. The number of carbonyl (C=O) groups is 1. The zero-order valence-corrected chi connectivity index (χ0v) is 12.3. The highest BCUT2D eigenvalue weighted by Crippen LogP contribution is 2.19. The quantitative estimate of drug-likeness (QED) is 0.670. The normalized spacial score (nSPS) is 11.7. The van der Waals surface area contributed by atoms with Crippen LogP contribution in [0.25, 0.3) is 10.9 Å². The van der Waals surface area contributed by atoms with E-state index in [-0.39, 0.29) is 10.9 Å². The van der Waals surface area contributed by atoms with Crippen LogP contribution in [0.2, 0.25) is 0 Å². The molecule has 22 heavy (non-hydrogen) atoms. The van der Waals surface area contributed by atoms with Crippen LogP contribution >= 0.6 is 0 Å². The molecule has 2 aromatic heterocycles. The lowest BCUT2D eigenvalue weighted by Gasteiger charge is -2.03. The predicted molar refractivity (Wildman–Crippen MR) is 79.0 cm³/mol. The van der Waals surface area contributed by atoms with Gasteiger partial charge in [-0.2, -0.15) is 5.10 Å². The molecule has 8 nitrogen and oxygen atoms in total. The van der Waals surface area contributed by atoms with Crippen LogP contribution in [0.15, 0.2) is 46.0 Å². The molecule has 1 aromatic carbocycles. The Labute approximate surface area is 125 Å². The highest BCUT2D eigenvalue weighted by molar-refractivity contribution is 7.89. The van der Waals surface area contributed by atoms with Gasteiger partial charge in [0.15, 0.2) is 5.76 Å². The summed E-state index contributed by atoms with van der Waals surface area (Å²) in [6.07, 6.45) is 1.67. The first-order chi connectivity index (χ1) is 10.5. The number of H-pyrrole nitrogens is 1. The molecular weight excluding hydrogens is 308 g/mol. The van der Waals surface area contributed by atoms with E-state index in [9.17, 15) is 13.2 Å². The van der Waals surface area contributed by atoms with Crippen LogP contribution in [0, 0.1) is 0 Å². The summed E-state index contributed by atoms with van der Waals surface area (Å²) in [4.78, 5) is 12.1. The molecule has 114 valence electrons. The first-order valence-corrected chi connectivity index (χ1v) is 7.76. The van der Waals surface area contributed by atoms with E-state index < -0.39 is 15.9 Å². The largest absolute Gasteiger partial charge is 0.438 e. The van der Waals surface area contributed by atoms with Gasteiger partial charge < -0.3 is 9.73 Å². The number of hydrogen-bond donors (Lipinski definition) is 3. The molecule has 0 spiro atoms. The first kappa shape index (κ1) is 14.3. The Bertz CT molecular complexity index is 942. The average molecular weight is 320 g/mol. The molecule has 3 aromatic rings. The van der Waals surface area contributed by atoms with Gasteiger partial charge in [0.25, 0.3) is 15.9 Å². The van der Waals surface area contributed by atoms with Gasteiger partial charge >= 0.3 is 0 Å². The Balaban J connectivity index is 1.82. The van der Waals surface area contributed by atoms with Crippen molar-refractivity contribution in [1.29, 1.82) is 0 Å². The van der Waals surface area contributed by atoms with Gasteiger partial charge in [-0.1, -0.05) is 0 Å². The number of aromatic amines is 1. The van der Waals surface area contributed by atoms with Crippen LogP contribution < -0.4 is 10.0 Å². The standard InChI is InChI=1S/C13H12N4O4S/c1-14-22(19,20)12-5-4-11(21-12)13(18)16-9-3-2-8-7-15-17-10(8)6-9/h2-7,14H,1H3,(H,15,17)(H,16,18). The molecule has 1 amide bonds. The smallest absolute Gasteiger partial charge is 0.291 e. The van der Waals surface area contributed by atoms with Gasteiger partial charge in [0.1, 0.15) is 0 Å². The number of furan rings is 1. The number of rotatable bonds is 4. The van der Waals surface area contributed by atoms with Crippen LogP contribution in [0.5, 0.6) is 0 Å². The van der Waals surface area contributed by atoms with Gasteiger partial charge in [-0.15, -0.1) is 0 Å². The number of anilines is 1. The summed E-state index contributed by atoms with van der Waals surface area (Å²) >= 11 is 0. The monoisotopic (exact) mass is 320 g/mol. The van der Waals surface area contributed by atoms with Gasteiger partial charge in [-0.3, -0.25) is 9.89 Å². The Hall–Kier alpha value is -2.65. The fourth-order valence-electron chi connectivity index (χ4n) is 1.89. The fraction of sp³-hybridized carbons (Fsp3) is 0.0769. The van der Waals surface area contributed by atoms with Crippen LogP contribution in [0.4, 0.5) is 5.69 Å². The lowest BCUT2D eigenvalue weighted by Crippen LogP contribution is -2.18. The molecular formula is C13H12N4O4S. The topological polar surface area (TPSA) is 117 Å². The van der Waals surface area contributed by atoms with Crippen molar-refractivity contribution in [2.75, 3.05) is 12.4 Å². The number of carbonyl (C=O) groups excluding carboxylic acids is 1. The zero-order valence-electron chi connectivity index (χ0n) is 11.5. The van der Waals surface area contributed by atoms with Crippen LogP contribution in [0.3, 0.4) is 0 Å². The van der Waals surface area contributed by atoms with E-state index in [2.05, 4.69) is 20.2 Å². The third kappa shape index (κ3) is 2.59. The number of sulfonamides is 1. The maximum absolute atomic E-state index is 12.1. The highest BCUT2D eigenvalue weighted by atomic mass is 32.2. The third-order valence-corrected chi connectivity index (χ3v) is 4.33. The van der Waals surface area contributed by atoms with Crippen molar-refractivity contribution >= 4 is 32.5 Å². The van der Waals surface area contributed by atoms with Crippen molar-refractivity contribution in [3.63, 3.8) is 0 Å². The van der Waals surface area contributed by atoms with Gasteiger partial charge in [-0.25, -0.2) is 13.1 Å². The predicted octanol–water partition coefficient (Wildman–Crippen LogP) is 1.32. The van der Waals surface area contributed by atoms with Crippen molar-refractivity contribution in [3.05, 3.63) is 42.3 Å². The van der Waals surface area contributed by atoms with Gasteiger partial charge in [0, 0.05) is 11.1 Å². The van der Waals surface area contributed by atoms with Gasteiger partial charge in [-0.05, 0) is 37.4 Å². The van der Waals surface area contributed by atoms with Gasteiger partial charge in [0.2, 0.25) is 5.09 Å². The summed E-state index contributed by atoms with van der Waals surface area (Å²) in [6.45, 7) is 0. The van der Waals surface area contributed by atoms with E-state index in [0.717, 1.165) is 10.9 Å². The Kier molecular flexibility index (Phi) is 3.43. The third-order valence-electron chi connectivity index (χ3n) is 3.04. The number of benzene rings is 1. The molecule has 3 rings (SSSR count). The van der Waals surface area contributed by atoms with Crippen molar-refractivity contribution in [3.8, 4) is 0 Å². The number of amides is 1.